The van der Waals surface area contributed by atoms with Crippen LogP contribution in [0, 0.1) is 11.3 Å². The number of aromatic nitrogens is 1. The van der Waals surface area contributed by atoms with Crippen molar-refractivity contribution in [3.8, 4) is 5.75 Å². The van der Waals surface area contributed by atoms with Crippen LogP contribution in [0.2, 0.25) is 0 Å². The molecule has 2 bridgehead atoms. The van der Waals surface area contributed by atoms with Crippen molar-refractivity contribution in [1.29, 1.82) is 0 Å². The first kappa shape index (κ1) is 40.7. The zero-order valence-electron chi connectivity index (χ0n) is 36.1. The second-order valence-electron chi connectivity index (χ2n) is 18.2. The number of esters is 3. The molecule has 1 spiro atoms. The zero-order chi connectivity index (χ0) is 42.4. The van der Waals surface area contributed by atoms with Crippen molar-refractivity contribution in [1.82, 2.24) is 14.8 Å². The minimum absolute atomic E-state index is 0.0346. The van der Waals surface area contributed by atoms with Gasteiger partial charge in [0.05, 0.1) is 20.3 Å². The summed E-state index contributed by atoms with van der Waals surface area (Å²) < 4.78 is 24.7. The van der Waals surface area contributed by atoms with Gasteiger partial charge in [-0.1, -0.05) is 62.8 Å². The number of nitrogens with zero attached hydrogens (tertiary/aromatic N) is 3. The lowest BCUT2D eigenvalue weighted by molar-refractivity contribution is -0.232. The first-order valence-electron chi connectivity index (χ1n) is 21.9. The molecule has 6 heterocycles. The highest BCUT2D eigenvalue weighted by molar-refractivity contribution is 5.94. The predicted molar refractivity (Wildman–Crippen MR) is 228 cm³/mol. The summed E-state index contributed by atoms with van der Waals surface area (Å²) >= 11 is 0. The van der Waals surface area contributed by atoms with Gasteiger partial charge in [0.2, 0.25) is 0 Å². The maximum Gasteiger partial charge on any atom is 0.322 e. The Bertz CT molecular complexity index is 2300. The molecule has 2 aromatic carbocycles. The van der Waals surface area contributed by atoms with Crippen LogP contribution in [-0.4, -0.2) is 122 Å². The molecule has 1 saturated heterocycles. The Labute approximate surface area is 352 Å². The van der Waals surface area contributed by atoms with Gasteiger partial charge in [0.1, 0.15) is 23.9 Å². The summed E-state index contributed by atoms with van der Waals surface area (Å²) in [4.78, 5) is 52.3. The van der Waals surface area contributed by atoms with Gasteiger partial charge in [-0.05, 0) is 67.8 Å². The number of likely N-dealkylation sites (N-methyl/N-ethyl adjacent to an activating group) is 1. The number of nitrogens with one attached hydrogen (secondary N) is 1. The second kappa shape index (κ2) is 14.8. The minimum atomic E-state index is -1.84. The summed E-state index contributed by atoms with van der Waals surface area (Å²) in [5, 5.41) is 14.7. The number of fused-ring (bicyclic) bond motifs is 6. The summed E-state index contributed by atoms with van der Waals surface area (Å²) in [6, 6.07) is 11.6. The van der Waals surface area contributed by atoms with E-state index in [-0.39, 0.29) is 31.0 Å². The Balaban J connectivity index is 1.35. The Kier molecular flexibility index (Phi) is 10.0. The molecule has 2 N–H and O–H groups in total. The molecule has 9 rings (SSSR count). The summed E-state index contributed by atoms with van der Waals surface area (Å²) in [7, 11) is 5.10. The van der Waals surface area contributed by atoms with Crippen LogP contribution in [0.15, 0.2) is 60.2 Å². The molecule has 2 unspecified atom stereocenters. The molecule has 12 heteroatoms. The highest BCUT2D eigenvalue weighted by Gasteiger charge is 2.78. The number of para-hydroxylation sites is 1. The fourth-order valence-corrected chi connectivity index (χ4v) is 13.3. The Hall–Kier alpha value is -4.65. The van der Waals surface area contributed by atoms with E-state index in [2.05, 4.69) is 76.0 Å². The fraction of sp³-hybridized carbons (Fsp3) is 0.562. The van der Waals surface area contributed by atoms with E-state index in [0.717, 1.165) is 72.4 Å². The van der Waals surface area contributed by atoms with Crippen LogP contribution in [0.1, 0.15) is 82.2 Å². The van der Waals surface area contributed by atoms with Crippen molar-refractivity contribution < 1.29 is 38.4 Å². The third kappa shape index (κ3) is 5.55. The Morgan fingerprint density at radius 1 is 1.03 bits per heavy atom. The monoisotopic (exact) mass is 820 g/mol. The number of ether oxygens (including phenoxy) is 4. The van der Waals surface area contributed by atoms with Crippen LogP contribution in [-0.2, 0) is 45.8 Å². The molecule has 5 aliphatic heterocycles. The molecular weight excluding hydrogens is 761 g/mol. The van der Waals surface area contributed by atoms with E-state index in [1.807, 2.05) is 19.2 Å². The van der Waals surface area contributed by atoms with E-state index < -0.39 is 45.9 Å². The average Bonchev–Trinajstić information content (AvgIpc) is 3.92. The van der Waals surface area contributed by atoms with E-state index >= 15 is 4.79 Å². The molecule has 2 fully saturated rings. The average molecular weight is 821 g/mol. The molecular formula is C48H60N4O8. The highest BCUT2D eigenvalue weighted by atomic mass is 16.6. The second-order valence-corrected chi connectivity index (χ2v) is 18.2. The number of aromatic amines is 1. The molecule has 320 valence electrons. The van der Waals surface area contributed by atoms with Gasteiger partial charge < -0.3 is 33.9 Å². The summed E-state index contributed by atoms with van der Waals surface area (Å²) in [5.41, 5.74) is 2.05. The molecule has 0 amide bonds. The fourth-order valence-electron chi connectivity index (χ4n) is 13.3. The number of benzene rings is 2. The van der Waals surface area contributed by atoms with Gasteiger partial charge >= 0.3 is 17.9 Å². The first-order chi connectivity index (χ1) is 28.9. The number of methoxy groups -OCH3 is 2. The van der Waals surface area contributed by atoms with Crippen molar-refractivity contribution >= 4 is 34.5 Å². The maximum atomic E-state index is 15.3. The molecule has 12 nitrogen and oxygen atoms in total. The third-order valence-corrected chi connectivity index (χ3v) is 15.4. The van der Waals surface area contributed by atoms with Crippen LogP contribution in [0.3, 0.4) is 0 Å². The van der Waals surface area contributed by atoms with E-state index in [1.54, 1.807) is 14.0 Å². The van der Waals surface area contributed by atoms with Gasteiger partial charge in [0.25, 0.3) is 0 Å². The lowest BCUT2D eigenvalue weighted by atomic mass is 9.47. The van der Waals surface area contributed by atoms with Crippen LogP contribution in [0.4, 0.5) is 5.69 Å². The zero-order valence-corrected chi connectivity index (χ0v) is 36.1. The van der Waals surface area contributed by atoms with Gasteiger partial charge in [0.15, 0.2) is 5.60 Å². The number of aliphatic hydroxyl groups is 1. The van der Waals surface area contributed by atoms with Crippen molar-refractivity contribution in [2.45, 2.75) is 101 Å². The largest absolute Gasteiger partial charge is 0.496 e. The summed E-state index contributed by atoms with van der Waals surface area (Å²) in [5.74, 6) is -0.751. The highest BCUT2D eigenvalue weighted by Crippen LogP contribution is 2.68. The first-order valence-corrected chi connectivity index (χ1v) is 21.9. The van der Waals surface area contributed by atoms with Gasteiger partial charge in [0, 0.05) is 97.4 Å². The molecule has 1 aromatic heterocycles. The van der Waals surface area contributed by atoms with Crippen LogP contribution < -0.4 is 9.64 Å². The molecule has 60 heavy (non-hydrogen) atoms. The van der Waals surface area contributed by atoms with Gasteiger partial charge in [-0.15, -0.1) is 0 Å². The number of hydrogen-bond donors (Lipinski definition) is 2. The lowest BCUT2D eigenvalue weighted by Gasteiger charge is -2.64. The molecule has 0 radical (unpaired) electrons. The smallest absolute Gasteiger partial charge is 0.322 e. The topological polar surface area (TPSA) is 134 Å². The normalized spacial score (nSPS) is 34.0. The van der Waals surface area contributed by atoms with Crippen LogP contribution in [0.5, 0.6) is 5.75 Å². The predicted octanol–water partition coefficient (Wildman–Crippen LogP) is 5.58. The third-order valence-electron chi connectivity index (χ3n) is 15.4. The van der Waals surface area contributed by atoms with E-state index in [0.29, 0.717) is 37.1 Å². The van der Waals surface area contributed by atoms with Gasteiger partial charge in [-0.2, -0.15) is 0 Å². The summed E-state index contributed by atoms with van der Waals surface area (Å²) in [6.07, 6.45) is 9.11. The van der Waals surface area contributed by atoms with E-state index in [4.69, 9.17) is 18.9 Å². The van der Waals surface area contributed by atoms with Crippen LogP contribution in [0.25, 0.3) is 10.9 Å². The van der Waals surface area contributed by atoms with Crippen molar-refractivity contribution in [3.63, 3.8) is 0 Å². The molecule has 3 aromatic rings. The number of carbonyl (C=O) groups excluding carboxylic acids is 3. The number of carbonyl (C=O) groups is 3. The number of rotatable bonds is 9. The molecule has 1 aliphatic carbocycles. The Morgan fingerprint density at radius 3 is 2.55 bits per heavy atom. The SMILES string of the molecule is CCC(=O)OC[C@@]1(O)[C@H](OC(C)=O)[C@]2(CC)C=CCN3CC[C@@]4(c5cc([C@@]6(C(=O)OC)C[C@@H]7C=C(CC)CN(CCc8c6[nH]c6ccccc86)C7)c(OC)cc5N(C)[C@@H]14)C32. The van der Waals surface area contributed by atoms with Crippen LogP contribution >= 0.6 is 0 Å². The van der Waals surface area contributed by atoms with Crippen molar-refractivity contribution in [2.24, 2.45) is 11.3 Å². The van der Waals surface area contributed by atoms with Crippen molar-refractivity contribution in [3.05, 3.63) is 82.6 Å². The maximum absolute atomic E-state index is 15.3. The number of anilines is 1. The summed E-state index contributed by atoms with van der Waals surface area (Å²) in [6.45, 7) is 11.0. The molecule has 6 aliphatic rings. The molecule has 9 atom stereocenters. The van der Waals surface area contributed by atoms with Crippen molar-refractivity contribution in [2.75, 3.05) is 65.5 Å². The minimum Gasteiger partial charge on any atom is -0.496 e. The standard InChI is InChI=1S/C48H60N4O8/c1-8-30-22-31-25-47(44(55)58-7,40-33(16-20-51(26-30)27-31)32-14-11-12-15-36(32)49-40)35-23-34-37(24-38(35)57-6)50(5)42-46(34)18-21-52-19-13-17-45(10-3,41(46)52)43(60-29(4)53)48(42,56)28-59-39(54)9-2/h11-15,17,22-24,31,41-43,49,56H,8-10,16,18-21,25-28H2,1-7H3/t31-,41?,42+,43+,45+,46+,47-,48-/m0/s1. The quantitative estimate of drug-likeness (QED) is 0.159. The van der Waals surface area contributed by atoms with E-state index in [1.165, 1.54) is 19.6 Å². The van der Waals surface area contributed by atoms with E-state index in [9.17, 15) is 14.7 Å². The van der Waals surface area contributed by atoms with Gasteiger partial charge in [-0.3, -0.25) is 24.2 Å². The number of hydrogen-bond acceptors (Lipinski definition) is 11. The number of H-pyrrole nitrogens is 1. The Morgan fingerprint density at radius 2 is 1.83 bits per heavy atom. The molecule has 1 saturated carbocycles. The lowest BCUT2D eigenvalue weighted by Crippen LogP contribution is -2.80. The van der Waals surface area contributed by atoms with Gasteiger partial charge in [-0.25, -0.2) is 0 Å².